The maximum atomic E-state index is 10.4. The Hall–Kier alpha value is -1.96. The van der Waals surface area contributed by atoms with E-state index in [4.69, 9.17) is 0 Å². The Morgan fingerprint density at radius 3 is 2.88 bits per heavy atom. The van der Waals surface area contributed by atoms with E-state index >= 15 is 0 Å². The Labute approximate surface area is 101 Å². The van der Waals surface area contributed by atoms with Crippen molar-refractivity contribution in [1.82, 2.24) is 20.2 Å². The molecule has 88 valence electrons. The van der Waals surface area contributed by atoms with Crippen LogP contribution in [0.4, 0.5) is 5.69 Å². The molecule has 0 unspecified atom stereocenters. The number of aromatic amines is 1. The Bertz CT molecular complexity index is 524. The van der Waals surface area contributed by atoms with Crippen molar-refractivity contribution < 1.29 is 4.92 Å². The van der Waals surface area contributed by atoms with Gasteiger partial charge in [0.05, 0.1) is 4.92 Å². The first-order valence-electron chi connectivity index (χ1n) is 4.88. The number of hydrogen-bond donors (Lipinski definition) is 1. The minimum Gasteiger partial charge on any atom is -0.262 e. The number of H-pyrrole nitrogens is 1. The molecule has 0 amide bonds. The highest BCUT2D eigenvalue weighted by Crippen LogP contribution is 2.23. The number of pyridine rings is 1. The molecule has 0 saturated carbocycles. The molecule has 7 nitrogen and oxygen atoms in total. The molecule has 8 heteroatoms. The van der Waals surface area contributed by atoms with Gasteiger partial charge < -0.3 is 0 Å². The van der Waals surface area contributed by atoms with Crippen molar-refractivity contribution >= 4 is 17.4 Å². The lowest BCUT2D eigenvalue weighted by Crippen LogP contribution is -1.89. The molecule has 0 aliphatic rings. The van der Waals surface area contributed by atoms with E-state index in [0.29, 0.717) is 10.2 Å². The number of hydrogen-bond acceptors (Lipinski definition) is 6. The largest absolute Gasteiger partial charge is 0.287 e. The van der Waals surface area contributed by atoms with Gasteiger partial charge in [-0.15, -0.1) is 5.10 Å². The van der Waals surface area contributed by atoms with Crippen LogP contribution >= 0.6 is 11.8 Å². The van der Waals surface area contributed by atoms with E-state index < -0.39 is 4.92 Å². The highest BCUT2D eigenvalue weighted by molar-refractivity contribution is 7.99. The maximum Gasteiger partial charge on any atom is 0.287 e. The lowest BCUT2D eigenvalue weighted by atomic mass is 10.4. The van der Waals surface area contributed by atoms with E-state index in [1.165, 1.54) is 24.0 Å². The monoisotopic (exact) mass is 251 g/mol. The molecule has 1 N–H and O–H groups in total. The lowest BCUT2D eigenvalue weighted by Gasteiger charge is -1.95. The second-order valence-corrected chi connectivity index (χ2v) is 4.12. The van der Waals surface area contributed by atoms with E-state index in [2.05, 4.69) is 20.2 Å². The quantitative estimate of drug-likeness (QED) is 0.657. The molecule has 0 saturated heterocycles. The molecule has 2 rings (SSSR count). The SMILES string of the molecule is CCc1nc(Sc2ccc([N+](=O)[O-])cn2)n[nH]1. The Kier molecular flexibility index (Phi) is 3.33. The van der Waals surface area contributed by atoms with Gasteiger partial charge in [-0.25, -0.2) is 9.97 Å². The number of nitrogens with one attached hydrogen (secondary N) is 1. The smallest absolute Gasteiger partial charge is 0.262 e. The van der Waals surface area contributed by atoms with Crippen molar-refractivity contribution in [2.24, 2.45) is 0 Å². The molecule has 0 aromatic carbocycles. The molecule has 0 aliphatic heterocycles. The van der Waals surface area contributed by atoms with Gasteiger partial charge >= 0.3 is 0 Å². The van der Waals surface area contributed by atoms with Crippen LogP contribution in [-0.4, -0.2) is 25.1 Å². The van der Waals surface area contributed by atoms with Crippen LogP contribution in [0.1, 0.15) is 12.7 Å². The zero-order valence-electron chi connectivity index (χ0n) is 8.95. The fourth-order valence-electron chi connectivity index (χ4n) is 1.12. The van der Waals surface area contributed by atoms with Gasteiger partial charge in [0.25, 0.3) is 5.69 Å². The summed E-state index contributed by atoms with van der Waals surface area (Å²) in [5.41, 5.74) is -0.0291. The van der Waals surface area contributed by atoms with Gasteiger partial charge in [0.2, 0.25) is 5.16 Å². The zero-order chi connectivity index (χ0) is 12.3. The van der Waals surface area contributed by atoms with Crippen LogP contribution in [-0.2, 0) is 6.42 Å². The Morgan fingerprint density at radius 2 is 2.35 bits per heavy atom. The van der Waals surface area contributed by atoms with Crippen LogP contribution in [0.15, 0.2) is 28.5 Å². The summed E-state index contributed by atoms with van der Waals surface area (Å²) in [6, 6.07) is 2.98. The van der Waals surface area contributed by atoms with E-state index in [1.54, 1.807) is 6.07 Å². The topological polar surface area (TPSA) is 97.6 Å². The minimum absolute atomic E-state index is 0.0291. The molecule has 0 bridgehead atoms. The first-order chi connectivity index (χ1) is 8.19. The molecular weight excluding hydrogens is 242 g/mol. The summed E-state index contributed by atoms with van der Waals surface area (Å²) in [6.45, 7) is 1.97. The zero-order valence-corrected chi connectivity index (χ0v) is 9.77. The summed E-state index contributed by atoms with van der Waals surface area (Å²) in [7, 11) is 0. The highest BCUT2D eigenvalue weighted by Gasteiger charge is 2.08. The summed E-state index contributed by atoms with van der Waals surface area (Å²) in [5.74, 6) is 0.800. The summed E-state index contributed by atoms with van der Waals surface area (Å²) in [5, 5.41) is 18.4. The van der Waals surface area contributed by atoms with E-state index in [-0.39, 0.29) is 5.69 Å². The van der Waals surface area contributed by atoms with Gasteiger partial charge in [0, 0.05) is 12.5 Å². The van der Waals surface area contributed by atoms with Gasteiger partial charge in [0.1, 0.15) is 17.0 Å². The van der Waals surface area contributed by atoms with Crippen molar-refractivity contribution in [1.29, 1.82) is 0 Å². The third kappa shape index (κ3) is 2.78. The standard InChI is InChI=1S/C9H9N5O2S/c1-2-7-11-9(13-12-7)17-8-4-3-6(5-10-8)14(15)16/h3-5H,2H2,1H3,(H,11,12,13). The first kappa shape index (κ1) is 11.5. The average molecular weight is 251 g/mol. The van der Waals surface area contributed by atoms with Gasteiger partial charge in [-0.05, 0) is 17.8 Å². The van der Waals surface area contributed by atoms with Crippen LogP contribution in [0.3, 0.4) is 0 Å². The van der Waals surface area contributed by atoms with E-state index in [0.717, 1.165) is 12.2 Å². The predicted molar refractivity (Wildman–Crippen MR) is 60.8 cm³/mol. The number of rotatable bonds is 4. The first-order valence-corrected chi connectivity index (χ1v) is 5.70. The van der Waals surface area contributed by atoms with Crippen molar-refractivity contribution in [3.8, 4) is 0 Å². The minimum atomic E-state index is -0.483. The molecule has 0 spiro atoms. The normalized spacial score (nSPS) is 10.4. The second-order valence-electron chi connectivity index (χ2n) is 3.13. The number of nitrogens with zero attached hydrogens (tertiary/aromatic N) is 4. The fraction of sp³-hybridized carbons (Fsp3) is 0.222. The highest BCUT2D eigenvalue weighted by atomic mass is 32.2. The summed E-state index contributed by atoms with van der Waals surface area (Å²) >= 11 is 1.26. The van der Waals surface area contributed by atoms with Crippen LogP contribution < -0.4 is 0 Å². The number of aromatic nitrogens is 4. The molecule has 2 heterocycles. The second kappa shape index (κ2) is 4.91. The predicted octanol–water partition coefficient (Wildman–Crippen LogP) is 1.82. The Morgan fingerprint density at radius 1 is 1.53 bits per heavy atom. The molecular formula is C9H9N5O2S. The molecule has 17 heavy (non-hydrogen) atoms. The Balaban J connectivity index is 2.10. The molecule has 0 aliphatic carbocycles. The van der Waals surface area contributed by atoms with Gasteiger partial charge in [-0.1, -0.05) is 6.92 Å². The third-order valence-corrected chi connectivity index (χ3v) is 2.79. The van der Waals surface area contributed by atoms with Gasteiger partial charge in [-0.3, -0.25) is 15.2 Å². The average Bonchev–Trinajstić information content (AvgIpc) is 2.77. The maximum absolute atomic E-state index is 10.4. The molecule has 0 atom stereocenters. The number of nitro groups is 1. The fourth-order valence-corrected chi connectivity index (χ4v) is 1.79. The summed E-state index contributed by atoms with van der Waals surface area (Å²) < 4.78 is 0. The van der Waals surface area contributed by atoms with Crippen molar-refractivity contribution in [3.05, 3.63) is 34.3 Å². The molecule has 2 aromatic heterocycles. The van der Waals surface area contributed by atoms with Crippen molar-refractivity contribution in [3.63, 3.8) is 0 Å². The molecule has 0 fully saturated rings. The summed E-state index contributed by atoms with van der Waals surface area (Å²) in [6.07, 6.45) is 2.00. The summed E-state index contributed by atoms with van der Waals surface area (Å²) in [4.78, 5) is 18.1. The third-order valence-electron chi connectivity index (χ3n) is 1.97. The molecule has 0 radical (unpaired) electrons. The van der Waals surface area contributed by atoms with Crippen molar-refractivity contribution in [2.75, 3.05) is 0 Å². The van der Waals surface area contributed by atoms with Crippen LogP contribution in [0, 0.1) is 10.1 Å². The molecule has 2 aromatic rings. The lowest BCUT2D eigenvalue weighted by molar-refractivity contribution is -0.385. The van der Waals surface area contributed by atoms with Crippen LogP contribution in [0.25, 0.3) is 0 Å². The van der Waals surface area contributed by atoms with Gasteiger partial charge in [-0.2, -0.15) is 0 Å². The van der Waals surface area contributed by atoms with Crippen LogP contribution in [0.2, 0.25) is 0 Å². The number of aryl methyl sites for hydroxylation is 1. The van der Waals surface area contributed by atoms with Crippen molar-refractivity contribution in [2.45, 2.75) is 23.5 Å². The van der Waals surface area contributed by atoms with Gasteiger partial charge in [0.15, 0.2) is 0 Å². The van der Waals surface area contributed by atoms with Crippen LogP contribution in [0.5, 0.6) is 0 Å². The van der Waals surface area contributed by atoms with E-state index in [1.807, 2.05) is 6.92 Å². The van der Waals surface area contributed by atoms with E-state index in [9.17, 15) is 10.1 Å².